The Kier molecular flexibility index (Phi) is 5.31. The Labute approximate surface area is 158 Å². The lowest BCUT2D eigenvalue weighted by Gasteiger charge is -2.39. The number of rotatable bonds is 2. The molecule has 3 aliphatic rings. The molecular weight excluding hydrogens is 328 g/mol. The highest BCUT2D eigenvalue weighted by atomic mass is 16.6. The van der Waals surface area contributed by atoms with E-state index in [1.54, 1.807) is 0 Å². The first-order valence-corrected chi connectivity index (χ1v) is 10.3. The van der Waals surface area contributed by atoms with Crippen molar-refractivity contribution in [1.29, 1.82) is 0 Å². The number of esters is 1. The van der Waals surface area contributed by atoms with E-state index in [1.165, 1.54) is 12.5 Å². The van der Waals surface area contributed by atoms with Gasteiger partial charge in [-0.05, 0) is 65.2 Å². The second-order valence-corrected chi connectivity index (χ2v) is 9.48. The molecule has 3 aliphatic heterocycles. The first kappa shape index (κ1) is 19.9. The molecule has 2 saturated heterocycles. The van der Waals surface area contributed by atoms with Crippen molar-refractivity contribution in [3.63, 3.8) is 0 Å². The second-order valence-electron chi connectivity index (χ2n) is 9.48. The number of carbonyl (C=O) groups excluding carboxylic acids is 1. The van der Waals surface area contributed by atoms with E-state index >= 15 is 0 Å². The number of carbonyl (C=O) groups is 1. The molecule has 0 aromatic heterocycles. The minimum absolute atomic E-state index is 0.00956. The summed E-state index contributed by atoms with van der Waals surface area (Å²) in [6, 6.07) is 0. The highest BCUT2D eigenvalue weighted by Crippen LogP contribution is 2.53. The van der Waals surface area contributed by atoms with E-state index in [9.17, 15) is 4.79 Å². The summed E-state index contributed by atoms with van der Waals surface area (Å²) in [7, 11) is 0. The summed E-state index contributed by atoms with van der Waals surface area (Å²) < 4.78 is 18.7. The van der Waals surface area contributed by atoms with E-state index in [1.807, 2.05) is 0 Å². The Morgan fingerprint density at radius 2 is 1.96 bits per heavy atom. The fraction of sp³-hybridized carbons (Fsp3) is 0.864. The van der Waals surface area contributed by atoms with Gasteiger partial charge in [0.05, 0.1) is 17.3 Å². The zero-order chi connectivity index (χ0) is 19.2. The van der Waals surface area contributed by atoms with Crippen molar-refractivity contribution < 1.29 is 19.0 Å². The first-order chi connectivity index (χ1) is 12.1. The van der Waals surface area contributed by atoms with E-state index in [4.69, 9.17) is 14.2 Å². The lowest BCUT2D eigenvalue weighted by molar-refractivity contribution is -0.189. The molecule has 0 saturated carbocycles. The van der Waals surface area contributed by atoms with Gasteiger partial charge in [-0.3, -0.25) is 4.79 Å². The van der Waals surface area contributed by atoms with Crippen molar-refractivity contribution in [3.05, 3.63) is 11.6 Å². The maximum absolute atomic E-state index is 11.7. The van der Waals surface area contributed by atoms with Crippen molar-refractivity contribution in [1.82, 2.24) is 0 Å². The van der Waals surface area contributed by atoms with E-state index in [2.05, 4.69) is 40.7 Å². The standard InChI is InChI=1S/C22H36O4/c1-15(2)22-13-12-21(6,26-22)18(24-17(4)23)10-9-16(3)8-7-11-20(5)19(14-22)25-20/h8,15,18-19H,7,9-14H2,1-6H3/b16-8-. The fourth-order valence-corrected chi connectivity index (χ4v) is 4.88. The lowest BCUT2D eigenvalue weighted by Crippen LogP contribution is -2.47. The van der Waals surface area contributed by atoms with Crippen molar-refractivity contribution in [2.45, 2.75) is 115 Å². The fourth-order valence-electron chi connectivity index (χ4n) is 4.88. The number of hydrogen-bond donors (Lipinski definition) is 0. The average Bonchev–Trinajstić information content (AvgIpc) is 3.00. The summed E-state index contributed by atoms with van der Waals surface area (Å²) in [4.78, 5) is 11.7. The van der Waals surface area contributed by atoms with E-state index < -0.39 is 5.60 Å². The molecule has 148 valence electrons. The van der Waals surface area contributed by atoms with Crippen LogP contribution in [-0.2, 0) is 19.0 Å². The molecule has 3 rings (SSSR count). The molecule has 0 aliphatic carbocycles. The summed E-state index contributed by atoms with van der Waals surface area (Å²) in [6.07, 6.45) is 9.14. The van der Waals surface area contributed by atoms with Crippen LogP contribution < -0.4 is 0 Å². The summed E-state index contributed by atoms with van der Waals surface area (Å²) in [5.74, 6) is 0.187. The van der Waals surface area contributed by atoms with Gasteiger partial charge >= 0.3 is 5.97 Å². The number of hydrogen-bond acceptors (Lipinski definition) is 4. The topological polar surface area (TPSA) is 48.1 Å². The molecule has 2 fully saturated rings. The molecule has 0 spiro atoms. The predicted molar refractivity (Wildman–Crippen MR) is 102 cm³/mol. The van der Waals surface area contributed by atoms with Gasteiger partial charge in [0.25, 0.3) is 0 Å². The molecule has 2 bridgehead atoms. The SMILES string of the molecule is CC(=O)OC1CC/C(C)=C\CCC2(C)OC2CC2(C(C)C)CCC1(C)O2. The third-order valence-corrected chi connectivity index (χ3v) is 7.02. The smallest absolute Gasteiger partial charge is 0.303 e. The first-order valence-electron chi connectivity index (χ1n) is 10.3. The highest BCUT2D eigenvalue weighted by molar-refractivity contribution is 5.66. The monoisotopic (exact) mass is 364 g/mol. The third-order valence-electron chi connectivity index (χ3n) is 7.02. The van der Waals surface area contributed by atoms with Gasteiger partial charge < -0.3 is 14.2 Å². The van der Waals surface area contributed by atoms with Crippen LogP contribution in [0.15, 0.2) is 11.6 Å². The Hall–Kier alpha value is -0.870. The van der Waals surface area contributed by atoms with Gasteiger partial charge in [0.2, 0.25) is 0 Å². The molecule has 3 heterocycles. The molecule has 5 atom stereocenters. The van der Waals surface area contributed by atoms with E-state index in [-0.39, 0.29) is 29.4 Å². The maximum atomic E-state index is 11.7. The van der Waals surface area contributed by atoms with Crippen molar-refractivity contribution in [3.8, 4) is 0 Å². The van der Waals surface area contributed by atoms with Crippen LogP contribution in [0.5, 0.6) is 0 Å². The summed E-state index contributed by atoms with van der Waals surface area (Å²) in [6.45, 7) is 12.5. The predicted octanol–water partition coefficient (Wildman–Crippen LogP) is 4.95. The van der Waals surface area contributed by atoms with Crippen LogP contribution in [0.1, 0.15) is 86.5 Å². The summed E-state index contributed by atoms with van der Waals surface area (Å²) in [5, 5.41) is 0. The van der Waals surface area contributed by atoms with Gasteiger partial charge in [-0.2, -0.15) is 0 Å². The quantitative estimate of drug-likeness (QED) is 0.395. The zero-order valence-corrected chi connectivity index (χ0v) is 17.4. The van der Waals surface area contributed by atoms with Crippen LogP contribution in [0, 0.1) is 5.92 Å². The van der Waals surface area contributed by atoms with Gasteiger partial charge in [0, 0.05) is 13.3 Å². The van der Waals surface area contributed by atoms with E-state index in [0.717, 1.165) is 44.9 Å². The maximum Gasteiger partial charge on any atom is 0.303 e. The van der Waals surface area contributed by atoms with Crippen molar-refractivity contribution >= 4 is 5.97 Å². The van der Waals surface area contributed by atoms with Gasteiger partial charge in [-0.1, -0.05) is 25.5 Å². The van der Waals surface area contributed by atoms with Crippen LogP contribution in [0.3, 0.4) is 0 Å². The number of allylic oxidation sites excluding steroid dienone is 2. The summed E-state index contributed by atoms with van der Waals surface area (Å²) in [5.41, 5.74) is 0.741. The van der Waals surface area contributed by atoms with Crippen LogP contribution in [-0.4, -0.2) is 35.0 Å². The normalized spacial score (nSPS) is 45.6. The van der Waals surface area contributed by atoms with Gasteiger partial charge in [0.1, 0.15) is 11.7 Å². The average molecular weight is 365 g/mol. The molecule has 4 heteroatoms. The molecule has 5 unspecified atom stereocenters. The van der Waals surface area contributed by atoms with Gasteiger partial charge in [-0.15, -0.1) is 0 Å². The molecule has 0 aromatic carbocycles. The third kappa shape index (κ3) is 3.87. The summed E-state index contributed by atoms with van der Waals surface area (Å²) >= 11 is 0. The van der Waals surface area contributed by atoms with Gasteiger partial charge in [0.15, 0.2) is 0 Å². The van der Waals surface area contributed by atoms with Crippen LogP contribution >= 0.6 is 0 Å². The van der Waals surface area contributed by atoms with Crippen molar-refractivity contribution in [2.75, 3.05) is 0 Å². The largest absolute Gasteiger partial charge is 0.459 e. The molecule has 4 nitrogen and oxygen atoms in total. The Morgan fingerprint density at radius 1 is 1.23 bits per heavy atom. The van der Waals surface area contributed by atoms with Crippen molar-refractivity contribution in [2.24, 2.45) is 5.92 Å². The van der Waals surface area contributed by atoms with Gasteiger partial charge in [-0.25, -0.2) is 0 Å². The Morgan fingerprint density at radius 3 is 2.62 bits per heavy atom. The number of ether oxygens (including phenoxy) is 3. The second kappa shape index (κ2) is 6.94. The number of fused-ring (bicyclic) bond motifs is 3. The molecule has 0 radical (unpaired) electrons. The lowest BCUT2D eigenvalue weighted by atomic mass is 9.80. The molecular formula is C22H36O4. The van der Waals surface area contributed by atoms with Crippen LogP contribution in [0.4, 0.5) is 0 Å². The molecule has 0 aromatic rings. The van der Waals surface area contributed by atoms with Crippen LogP contribution in [0.25, 0.3) is 0 Å². The minimum atomic E-state index is -0.421. The molecule has 26 heavy (non-hydrogen) atoms. The Bertz CT molecular complexity index is 583. The highest BCUT2D eigenvalue weighted by Gasteiger charge is 2.60. The zero-order valence-electron chi connectivity index (χ0n) is 17.4. The molecule has 0 amide bonds. The number of epoxide rings is 1. The minimum Gasteiger partial charge on any atom is -0.459 e. The van der Waals surface area contributed by atoms with Crippen LogP contribution in [0.2, 0.25) is 0 Å². The molecule has 0 N–H and O–H groups in total. The van der Waals surface area contributed by atoms with E-state index in [0.29, 0.717) is 5.92 Å². The Balaban J connectivity index is 1.89.